The Morgan fingerprint density at radius 2 is 2.00 bits per heavy atom. The molecule has 0 saturated carbocycles. The van der Waals surface area contributed by atoms with Gasteiger partial charge in [0.2, 0.25) is 11.7 Å². The highest BCUT2D eigenvalue weighted by molar-refractivity contribution is 5.90. The summed E-state index contributed by atoms with van der Waals surface area (Å²) in [7, 11) is 0. The largest absolute Gasteiger partial charge is 0.337 e. The number of aromatic nitrogens is 2. The maximum absolute atomic E-state index is 12.9. The maximum atomic E-state index is 12.9. The summed E-state index contributed by atoms with van der Waals surface area (Å²) in [5.41, 5.74) is 5.11. The average molecular weight is 376 g/mol. The molecule has 4 rings (SSSR count). The Kier molecular flexibility index (Phi) is 4.86. The van der Waals surface area contributed by atoms with E-state index < -0.39 is 0 Å². The topological polar surface area (TPSA) is 71.3 Å². The lowest BCUT2D eigenvalue weighted by molar-refractivity contribution is 0.193. The van der Waals surface area contributed by atoms with Crippen molar-refractivity contribution in [3.8, 4) is 11.4 Å². The molecule has 1 atom stereocenters. The van der Waals surface area contributed by atoms with Gasteiger partial charge in [-0.3, -0.25) is 0 Å². The number of anilines is 1. The van der Waals surface area contributed by atoms with Gasteiger partial charge >= 0.3 is 6.03 Å². The molecule has 6 nitrogen and oxygen atoms in total. The van der Waals surface area contributed by atoms with E-state index in [4.69, 9.17) is 4.52 Å². The summed E-state index contributed by atoms with van der Waals surface area (Å²) in [6.07, 6.45) is 1.72. The normalized spacial score (nSPS) is 16.4. The number of carbonyl (C=O) groups excluding carboxylic acids is 1. The molecule has 2 heterocycles. The van der Waals surface area contributed by atoms with Crippen molar-refractivity contribution in [1.82, 2.24) is 15.0 Å². The van der Waals surface area contributed by atoms with Gasteiger partial charge in [0, 0.05) is 17.8 Å². The Morgan fingerprint density at radius 1 is 1.18 bits per heavy atom. The van der Waals surface area contributed by atoms with Crippen LogP contribution in [0.5, 0.6) is 0 Å². The van der Waals surface area contributed by atoms with Crippen LogP contribution in [-0.4, -0.2) is 27.6 Å². The number of nitrogens with one attached hydrogen (secondary N) is 1. The molecule has 1 N–H and O–H groups in total. The molecule has 28 heavy (non-hydrogen) atoms. The van der Waals surface area contributed by atoms with Crippen LogP contribution >= 0.6 is 0 Å². The van der Waals surface area contributed by atoms with Crippen molar-refractivity contribution in [2.45, 2.75) is 39.7 Å². The number of rotatable bonds is 3. The molecule has 2 amide bonds. The summed E-state index contributed by atoms with van der Waals surface area (Å²) in [5, 5.41) is 7.17. The molecule has 1 fully saturated rings. The van der Waals surface area contributed by atoms with Crippen LogP contribution in [0.2, 0.25) is 0 Å². The minimum absolute atomic E-state index is 0.133. The van der Waals surface area contributed by atoms with E-state index in [0.717, 1.165) is 40.8 Å². The number of aryl methyl sites for hydroxylation is 2. The SMILES string of the molecule is Cc1cccc(-c2noc([C@@H]3CCCN3C(=O)Nc3cccc(C)c3C)n2)c1. The highest BCUT2D eigenvalue weighted by Gasteiger charge is 2.34. The molecular formula is C22H24N4O2. The number of carbonyl (C=O) groups is 1. The molecule has 144 valence electrons. The summed E-state index contributed by atoms with van der Waals surface area (Å²) < 4.78 is 5.53. The van der Waals surface area contributed by atoms with E-state index in [1.54, 1.807) is 4.90 Å². The third kappa shape index (κ3) is 3.50. The Hall–Kier alpha value is -3.15. The molecule has 1 saturated heterocycles. The summed E-state index contributed by atoms with van der Waals surface area (Å²) in [6, 6.07) is 13.6. The van der Waals surface area contributed by atoms with Gasteiger partial charge in [0.15, 0.2) is 0 Å². The van der Waals surface area contributed by atoms with Gasteiger partial charge in [0.25, 0.3) is 0 Å². The standard InChI is InChI=1S/C22H24N4O2/c1-14-7-4-9-17(13-14)20-24-21(28-25-20)19-11-6-12-26(19)22(27)23-18-10-5-8-15(2)16(18)3/h4-5,7-10,13,19H,6,11-12H2,1-3H3,(H,23,27)/t19-/m0/s1. The second kappa shape index (κ2) is 7.46. The molecule has 0 radical (unpaired) electrons. The molecule has 0 spiro atoms. The van der Waals surface area contributed by atoms with Gasteiger partial charge in [0.05, 0.1) is 0 Å². The Balaban J connectivity index is 1.54. The molecular weight excluding hydrogens is 352 g/mol. The van der Waals surface area contributed by atoms with Gasteiger partial charge in [-0.2, -0.15) is 4.98 Å². The minimum Gasteiger partial charge on any atom is -0.337 e. The van der Waals surface area contributed by atoms with Crippen LogP contribution in [0.4, 0.5) is 10.5 Å². The Labute approximate surface area is 164 Å². The van der Waals surface area contributed by atoms with Crippen molar-refractivity contribution in [2.24, 2.45) is 0 Å². The summed E-state index contributed by atoms with van der Waals surface area (Å²) in [5.74, 6) is 1.05. The van der Waals surface area contributed by atoms with Crippen molar-refractivity contribution in [3.05, 3.63) is 65.0 Å². The van der Waals surface area contributed by atoms with Crippen molar-refractivity contribution in [3.63, 3.8) is 0 Å². The summed E-state index contributed by atoms with van der Waals surface area (Å²) >= 11 is 0. The Morgan fingerprint density at radius 3 is 2.82 bits per heavy atom. The quantitative estimate of drug-likeness (QED) is 0.696. The van der Waals surface area contributed by atoms with Crippen molar-refractivity contribution < 1.29 is 9.32 Å². The number of amides is 2. The van der Waals surface area contributed by atoms with Gasteiger partial charge in [-0.1, -0.05) is 41.1 Å². The fourth-order valence-electron chi connectivity index (χ4n) is 3.61. The van der Waals surface area contributed by atoms with Crippen LogP contribution in [0, 0.1) is 20.8 Å². The monoisotopic (exact) mass is 376 g/mol. The molecule has 1 aliphatic heterocycles. The van der Waals surface area contributed by atoms with Gasteiger partial charge < -0.3 is 14.7 Å². The second-order valence-corrected chi connectivity index (χ2v) is 7.35. The predicted molar refractivity (Wildman–Crippen MR) is 108 cm³/mol. The fourth-order valence-corrected chi connectivity index (χ4v) is 3.61. The number of nitrogens with zero attached hydrogens (tertiary/aromatic N) is 3. The maximum Gasteiger partial charge on any atom is 0.322 e. The smallest absolute Gasteiger partial charge is 0.322 e. The van der Waals surface area contributed by atoms with Crippen LogP contribution in [0.3, 0.4) is 0 Å². The zero-order valence-electron chi connectivity index (χ0n) is 16.4. The Bertz CT molecular complexity index is 1010. The zero-order valence-corrected chi connectivity index (χ0v) is 16.4. The lowest BCUT2D eigenvalue weighted by Gasteiger charge is -2.23. The number of benzene rings is 2. The van der Waals surface area contributed by atoms with Crippen LogP contribution in [-0.2, 0) is 0 Å². The first-order valence-corrected chi connectivity index (χ1v) is 9.57. The first kappa shape index (κ1) is 18.2. The molecule has 0 bridgehead atoms. The van der Waals surface area contributed by atoms with Crippen LogP contribution in [0.25, 0.3) is 11.4 Å². The van der Waals surface area contributed by atoms with E-state index in [1.807, 2.05) is 63.2 Å². The third-order valence-corrected chi connectivity index (χ3v) is 5.36. The number of likely N-dealkylation sites (tertiary alicyclic amines) is 1. The summed E-state index contributed by atoms with van der Waals surface area (Å²) in [4.78, 5) is 19.3. The van der Waals surface area contributed by atoms with Crippen molar-refractivity contribution in [2.75, 3.05) is 11.9 Å². The highest BCUT2D eigenvalue weighted by Crippen LogP contribution is 2.33. The van der Waals surface area contributed by atoms with Gasteiger partial charge in [-0.05, 0) is 56.9 Å². The number of hydrogen-bond donors (Lipinski definition) is 1. The van der Waals surface area contributed by atoms with Gasteiger partial charge in [0.1, 0.15) is 6.04 Å². The first-order chi connectivity index (χ1) is 13.5. The highest BCUT2D eigenvalue weighted by atomic mass is 16.5. The van der Waals surface area contributed by atoms with Gasteiger partial charge in [-0.15, -0.1) is 0 Å². The molecule has 0 unspecified atom stereocenters. The molecule has 2 aromatic carbocycles. The lowest BCUT2D eigenvalue weighted by Crippen LogP contribution is -2.34. The van der Waals surface area contributed by atoms with Crippen molar-refractivity contribution >= 4 is 11.7 Å². The van der Waals surface area contributed by atoms with Crippen LogP contribution in [0.1, 0.15) is 41.5 Å². The second-order valence-electron chi connectivity index (χ2n) is 7.35. The molecule has 0 aliphatic carbocycles. The molecule has 1 aliphatic rings. The predicted octanol–water partition coefficient (Wildman–Crippen LogP) is 5.03. The van der Waals surface area contributed by atoms with E-state index in [2.05, 4.69) is 15.5 Å². The van der Waals surface area contributed by atoms with E-state index in [-0.39, 0.29) is 12.1 Å². The minimum atomic E-state index is -0.198. The first-order valence-electron chi connectivity index (χ1n) is 9.57. The van der Waals surface area contributed by atoms with Crippen LogP contribution in [0.15, 0.2) is 47.0 Å². The van der Waals surface area contributed by atoms with E-state index in [9.17, 15) is 4.79 Å². The fraction of sp³-hybridized carbons (Fsp3) is 0.318. The number of hydrogen-bond acceptors (Lipinski definition) is 4. The third-order valence-electron chi connectivity index (χ3n) is 5.36. The zero-order chi connectivity index (χ0) is 19.7. The van der Waals surface area contributed by atoms with Crippen LogP contribution < -0.4 is 5.32 Å². The summed E-state index contributed by atoms with van der Waals surface area (Å²) in [6.45, 7) is 6.75. The lowest BCUT2D eigenvalue weighted by atomic mass is 10.1. The van der Waals surface area contributed by atoms with E-state index in [1.165, 1.54) is 0 Å². The average Bonchev–Trinajstić information content (AvgIpc) is 3.34. The van der Waals surface area contributed by atoms with E-state index in [0.29, 0.717) is 18.3 Å². The van der Waals surface area contributed by atoms with E-state index >= 15 is 0 Å². The molecule has 1 aromatic heterocycles. The van der Waals surface area contributed by atoms with Gasteiger partial charge in [-0.25, -0.2) is 4.79 Å². The molecule has 3 aromatic rings. The van der Waals surface area contributed by atoms with Crippen molar-refractivity contribution in [1.29, 1.82) is 0 Å². The molecule has 6 heteroatoms. The number of urea groups is 1.